The number of allylic oxidation sites excluding steroid dienone is 1. The number of benzene rings is 1. The molecule has 1 unspecified atom stereocenters. The zero-order valence-corrected chi connectivity index (χ0v) is 22.4. The summed E-state index contributed by atoms with van der Waals surface area (Å²) in [4.78, 5) is 30.3. The fourth-order valence-corrected chi connectivity index (χ4v) is 4.41. The van der Waals surface area contributed by atoms with Gasteiger partial charge in [0.15, 0.2) is 11.5 Å². The van der Waals surface area contributed by atoms with Gasteiger partial charge >= 0.3 is 0 Å². The van der Waals surface area contributed by atoms with Crippen LogP contribution in [-0.4, -0.2) is 68.8 Å². The Bertz CT molecular complexity index is 1440. The summed E-state index contributed by atoms with van der Waals surface area (Å²) in [6.45, 7) is 8.72. The van der Waals surface area contributed by atoms with E-state index in [4.69, 9.17) is 16.3 Å². The maximum atomic E-state index is 12.8. The molecule has 3 aromatic rings. The fourth-order valence-electron chi connectivity index (χ4n) is 4.20. The van der Waals surface area contributed by atoms with E-state index in [-0.39, 0.29) is 11.9 Å². The first-order chi connectivity index (χ1) is 17.2. The van der Waals surface area contributed by atoms with Crippen molar-refractivity contribution in [2.24, 2.45) is 0 Å². The van der Waals surface area contributed by atoms with E-state index in [0.717, 1.165) is 34.4 Å². The van der Waals surface area contributed by atoms with Gasteiger partial charge in [-0.25, -0.2) is 15.0 Å². The second kappa shape index (κ2) is 10.1. The second-order valence-corrected chi connectivity index (χ2v) is 9.37. The minimum atomic E-state index is -0.219. The maximum Gasteiger partial charge on any atom is 0.253 e. The van der Waals surface area contributed by atoms with Crippen molar-refractivity contribution >= 4 is 45.9 Å². The number of rotatable bonds is 8. The summed E-state index contributed by atoms with van der Waals surface area (Å²) in [5, 5.41) is 4.05. The van der Waals surface area contributed by atoms with Crippen molar-refractivity contribution in [1.29, 1.82) is 0 Å². The molecule has 0 radical (unpaired) electrons. The first-order valence-electron chi connectivity index (χ1n) is 11.7. The molecule has 4 rings (SSSR count). The van der Waals surface area contributed by atoms with Crippen LogP contribution in [-0.2, 0) is 4.79 Å². The molecule has 0 spiro atoms. The van der Waals surface area contributed by atoms with Crippen molar-refractivity contribution in [1.82, 2.24) is 24.8 Å². The van der Waals surface area contributed by atoms with Gasteiger partial charge in [-0.15, -0.1) is 0 Å². The van der Waals surface area contributed by atoms with Gasteiger partial charge in [0.1, 0.15) is 17.6 Å². The van der Waals surface area contributed by atoms with Crippen molar-refractivity contribution in [3.05, 3.63) is 58.2 Å². The number of aromatic nitrogens is 4. The average molecular weight is 509 g/mol. The fraction of sp³-hybridized carbons (Fsp3) is 0.346. The Balaban J connectivity index is 1.86. The highest BCUT2D eigenvalue weighted by atomic mass is 35.5. The number of carbonyl (C=O) groups excluding carboxylic acids is 1. The number of hydrogen-bond acceptors (Lipinski definition) is 6. The molecular weight excluding hydrogens is 478 g/mol. The van der Waals surface area contributed by atoms with Crippen molar-refractivity contribution in [2.75, 3.05) is 33.1 Å². The molecule has 1 aliphatic heterocycles. The Morgan fingerprint density at radius 3 is 2.64 bits per heavy atom. The van der Waals surface area contributed by atoms with Crippen LogP contribution in [0.5, 0.6) is 5.75 Å². The highest BCUT2D eigenvalue weighted by Crippen LogP contribution is 2.42. The summed E-state index contributed by atoms with van der Waals surface area (Å²) < 4.78 is 8.18. The van der Waals surface area contributed by atoms with Crippen LogP contribution in [0.1, 0.15) is 43.5 Å². The molecule has 10 heteroatoms. The van der Waals surface area contributed by atoms with Gasteiger partial charge in [0, 0.05) is 43.3 Å². The minimum Gasteiger partial charge on any atom is -0.495 e. The molecule has 0 saturated carbocycles. The SMILES string of the molecule is CC=C(C=C(c1c(C)c(Cl)cc(C(C)Nc2ncnc3nc[nH]c23)c1OC)[N+]1=C(C)C1)C(=O)N(C)C. The summed E-state index contributed by atoms with van der Waals surface area (Å²) >= 11 is 6.79. The number of methoxy groups -OCH3 is 1. The molecular formula is C26H31ClN7O2+. The van der Waals surface area contributed by atoms with Gasteiger partial charge in [-0.1, -0.05) is 17.7 Å². The zero-order valence-electron chi connectivity index (χ0n) is 21.6. The molecule has 3 heterocycles. The molecule has 1 aliphatic rings. The smallest absolute Gasteiger partial charge is 0.253 e. The third-order valence-corrected chi connectivity index (χ3v) is 6.69. The van der Waals surface area contributed by atoms with E-state index in [1.165, 1.54) is 12.0 Å². The summed E-state index contributed by atoms with van der Waals surface area (Å²) in [5.74, 6) is 1.24. The first kappa shape index (κ1) is 25.4. The maximum absolute atomic E-state index is 12.8. The molecule has 2 N–H and O–H groups in total. The van der Waals surface area contributed by atoms with Gasteiger partial charge in [0.25, 0.3) is 5.91 Å². The molecule has 36 heavy (non-hydrogen) atoms. The number of fused-ring (bicyclic) bond motifs is 1. The van der Waals surface area contributed by atoms with Crippen LogP contribution < -0.4 is 10.1 Å². The summed E-state index contributed by atoms with van der Waals surface area (Å²) in [6.07, 6.45) is 6.80. The van der Waals surface area contributed by atoms with Gasteiger partial charge in [-0.2, -0.15) is 4.58 Å². The van der Waals surface area contributed by atoms with E-state index in [0.29, 0.717) is 27.8 Å². The number of carbonyl (C=O) groups is 1. The number of likely N-dealkylation sites (N-methyl/N-ethyl adjacent to an activating group) is 1. The van der Waals surface area contributed by atoms with Crippen molar-refractivity contribution < 1.29 is 14.1 Å². The summed E-state index contributed by atoms with van der Waals surface area (Å²) in [5.41, 5.74) is 6.55. The van der Waals surface area contributed by atoms with Crippen molar-refractivity contribution in [3.8, 4) is 5.75 Å². The monoisotopic (exact) mass is 508 g/mol. The van der Waals surface area contributed by atoms with Crippen LogP contribution in [0, 0.1) is 6.92 Å². The highest BCUT2D eigenvalue weighted by Gasteiger charge is 2.38. The quantitative estimate of drug-likeness (QED) is 0.266. The number of imidazole rings is 1. The van der Waals surface area contributed by atoms with E-state index >= 15 is 0 Å². The van der Waals surface area contributed by atoms with Gasteiger partial charge < -0.3 is 19.9 Å². The number of amides is 1. The Morgan fingerprint density at radius 2 is 2.03 bits per heavy atom. The van der Waals surface area contributed by atoms with Crippen molar-refractivity contribution in [3.63, 3.8) is 0 Å². The molecule has 1 atom stereocenters. The molecule has 2 aromatic heterocycles. The lowest BCUT2D eigenvalue weighted by Gasteiger charge is -2.22. The van der Waals surface area contributed by atoms with Crippen LogP contribution in [0.25, 0.3) is 16.9 Å². The lowest BCUT2D eigenvalue weighted by Crippen LogP contribution is -2.23. The van der Waals surface area contributed by atoms with Gasteiger partial charge in [0.05, 0.1) is 25.0 Å². The number of hydrogen-bond donors (Lipinski definition) is 2. The molecule has 0 bridgehead atoms. The van der Waals surface area contributed by atoms with E-state index in [2.05, 4.69) is 36.8 Å². The first-order valence-corrected chi connectivity index (χ1v) is 12.0. The number of H-pyrrole nitrogens is 1. The highest BCUT2D eigenvalue weighted by molar-refractivity contribution is 6.31. The van der Waals surface area contributed by atoms with Crippen molar-refractivity contribution in [2.45, 2.75) is 33.7 Å². The van der Waals surface area contributed by atoms with Gasteiger partial charge in [-0.3, -0.25) is 4.79 Å². The van der Waals surface area contributed by atoms with Crippen LogP contribution >= 0.6 is 11.6 Å². The Labute approximate surface area is 215 Å². The van der Waals surface area contributed by atoms with Crippen LogP contribution in [0.15, 0.2) is 36.4 Å². The Hall–Kier alpha value is -3.72. The molecule has 0 saturated heterocycles. The van der Waals surface area contributed by atoms with Gasteiger partial charge in [0.2, 0.25) is 18.0 Å². The Kier molecular flexibility index (Phi) is 7.12. The third-order valence-electron chi connectivity index (χ3n) is 6.30. The van der Waals surface area contributed by atoms with E-state index in [1.807, 2.05) is 39.0 Å². The number of aromatic amines is 1. The predicted molar refractivity (Wildman–Crippen MR) is 143 cm³/mol. The summed E-state index contributed by atoms with van der Waals surface area (Å²) in [7, 11) is 5.14. The number of halogens is 1. The largest absolute Gasteiger partial charge is 0.495 e. The number of ether oxygens (including phenoxy) is 1. The number of nitrogens with zero attached hydrogens (tertiary/aromatic N) is 5. The molecule has 0 fully saturated rings. The van der Waals surface area contributed by atoms with Crippen LogP contribution in [0.4, 0.5) is 5.82 Å². The second-order valence-electron chi connectivity index (χ2n) is 8.96. The topological polar surface area (TPSA) is 99.0 Å². The number of anilines is 1. The Morgan fingerprint density at radius 1 is 1.31 bits per heavy atom. The lowest BCUT2D eigenvalue weighted by atomic mass is 9.95. The third kappa shape index (κ3) is 4.70. The van der Waals surface area contributed by atoms with E-state index in [9.17, 15) is 4.79 Å². The average Bonchev–Trinajstić information content (AvgIpc) is 3.37. The van der Waals surface area contributed by atoms with E-state index < -0.39 is 0 Å². The predicted octanol–water partition coefficient (Wildman–Crippen LogP) is 4.36. The lowest BCUT2D eigenvalue weighted by molar-refractivity contribution is -0.333. The standard InChI is InChI=1S/C26H31ClN7O2/c1-8-17(26(35)33(5)6)9-20(34-11-14(34)2)21-15(3)19(27)10-18(23(21)36-7)16(4)32-25-22-24(29-12-28-22)30-13-31-25/h8-10,12-13,16H,11H2,1-7H3,(H2,28,29,30,31,32)/q+1. The van der Waals surface area contributed by atoms with Crippen LogP contribution in [0.2, 0.25) is 5.02 Å². The molecule has 1 amide bonds. The minimum absolute atomic E-state index is 0.0734. The van der Waals surface area contributed by atoms with Crippen LogP contribution in [0.3, 0.4) is 0 Å². The number of nitrogens with one attached hydrogen (secondary N) is 2. The molecule has 0 aliphatic carbocycles. The molecule has 188 valence electrons. The summed E-state index contributed by atoms with van der Waals surface area (Å²) in [6, 6.07) is 1.70. The molecule has 1 aromatic carbocycles. The zero-order chi connectivity index (χ0) is 26.1. The van der Waals surface area contributed by atoms with Gasteiger partial charge in [-0.05, 0) is 32.4 Å². The normalized spacial score (nSPS) is 14.8. The molecule has 9 nitrogen and oxygen atoms in total. The van der Waals surface area contributed by atoms with E-state index in [1.54, 1.807) is 32.4 Å².